The van der Waals surface area contributed by atoms with Gasteiger partial charge >= 0.3 is 0 Å². The Labute approximate surface area is 185 Å². The second-order valence-electron chi connectivity index (χ2n) is 6.87. The Morgan fingerprint density at radius 2 is 1.28 bits per heavy atom. The number of unbranched alkanes of at least 4 members (excludes halogenated alkanes) is 4. The molecule has 1 aromatic carbocycles. The Morgan fingerprint density at radius 3 is 1.62 bits per heavy atom. The lowest BCUT2D eigenvalue weighted by Gasteiger charge is -2.14. The first kappa shape index (κ1) is 35.0. The lowest BCUT2D eigenvalue weighted by molar-refractivity contribution is 0.656. The molecular weight excluding hydrogens is 350 g/mol. The molecule has 1 nitrogen and oxygen atoms in total. The van der Waals surface area contributed by atoms with Crippen molar-refractivity contribution in [2.75, 3.05) is 0 Å². The van der Waals surface area contributed by atoms with E-state index in [2.05, 4.69) is 60.8 Å². The van der Waals surface area contributed by atoms with E-state index in [9.17, 15) is 0 Å². The van der Waals surface area contributed by atoms with Crippen LogP contribution >= 0.6 is 0 Å². The summed E-state index contributed by atoms with van der Waals surface area (Å²) in [6, 6.07) is 2.26. The highest BCUT2D eigenvalue weighted by Crippen LogP contribution is 2.23. The smallest absolute Gasteiger partial charge is 0.00108 e. The molecule has 0 aliphatic rings. The summed E-state index contributed by atoms with van der Waals surface area (Å²) < 4.78 is 0. The normalized spacial score (nSPS) is 8.52. The molecule has 1 aromatic rings. The predicted molar refractivity (Wildman–Crippen MR) is 140 cm³/mol. The van der Waals surface area contributed by atoms with Crippen molar-refractivity contribution >= 4 is 0 Å². The Bertz CT molecular complexity index is 494. The molecule has 0 radical (unpaired) electrons. The third-order valence-corrected chi connectivity index (χ3v) is 4.42. The fraction of sp³-hybridized carbons (Fsp3) is 0.643. The van der Waals surface area contributed by atoms with Crippen LogP contribution in [-0.2, 0) is 6.42 Å². The highest BCUT2D eigenvalue weighted by atomic mass is 14.6. The fourth-order valence-corrected chi connectivity index (χ4v) is 2.68. The van der Waals surface area contributed by atoms with Gasteiger partial charge in [0.05, 0.1) is 0 Å². The molecule has 0 unspecified atom stereocenters. The van der Waals surface area contributed by atoms with Gasteiger partial charge in [0.2, 0.25) is 0 Å². The minimum absolute atomic E-state index is 0.770. The molecule has 2 N–H and O–H groups in total. The molecule has 0 atom stereocenters. The largest absolute Gasteiger partial charge is 0.403 e. The summed E-state index contributed by atoms with van der Waals surface area (Å²) in [5.41, 5.74) is 13.4. The highest BCUT2D eigenvalue weighted by Gasteiger charge is 2.07. The Balaban J connectivity index is -0.000000187. The maximum absolute atomic E-state index is 5.61. The summed E-state index contributed by atoms with van der Waals surface area (Å²) in [6.45, 7) is 30.2. The van der Waals surface area contributed by atoms with Gasteiger partial charge < -0.3 is 5.73 Å². The first-order valence-corrected chi connectivity index (χ1v) is 11.8. The molecule has 29 heavy (non-hydrogen) atoms. The lowest BCUT2D eigenvalue weighted by atomic mass is 9.91. The summed E-state index contributed by atoms with van der Waals surface area (Å²) in [5.74, 6) is 0. The van der Waals surface area contributed by atoms with Crippen LogP contribution in [0.1, 0.15) is 115 Å². The molecule has 0 spiro atoms. The molecule has 0 saturated heterocycles. The van der Waals surface area contributed by atoms with Crippen molar-refractivity contribution in [2.45, 2.75) is 121 Å². The zero-order chi connectivity index (χ0) is 23.8. The van der Waals surface area contributed by atoms with Crippen molar-refractivity contribution in [3.63, 3.8) is 0 Å². The number of benzene rings is 1. The molecule has 0 saturated carbocycles. The Kier molecular flexibility index (Phi) is 32.0. The van der Waals surface area contributed by atoms with E-state index in [0.717, 1.165) is 18.5 Å². The summed E-state index contributed by atoms with van der Waals surface area (Å²) in [7, 11) is 0. The first-order valence-electron chi connectivity index (χ1n) is 11.8. The van der Waals surface area contributed by atoms with Crippen LogP contribution in [0.15, 0.2) is 31.0 Å². The van der Waals surface area contributed by atoms with E-state index in [1.54, 1.807) is 6.08 Å². The molecule has 0 fully saturated rings. The topological polar surface area (TPSA) is 26.0 Å². The van der Waals surface area contributed by atoms with E-state index < -0.39 is 0 Å². The number of hydrogen-bond acceptors (Lipinski definition) is 1. The second kappa shape index (κ2) is 26.5. The monoisotopic (exact) mass is 405 g/mol. The zero-order valence-electron chi connectivity index (χ0n) is 22.1. The predicted octanol–water partition coefficient (Wildman–Crippen LogP) is 9.55. The molecule has 172 valence electrons. The van der Waals surface area contributed by atoms with Crippen LogP contribution in [0.25, 0.3) is 0 Å². The molecule has 1 rings (SSSR count). The van der Waals surface area contributed by atoms with Crippen molar-refractivity contribution < 1.29 is 0 Å². The quantitative estimate of drug-likeness (QED) is 0.354. The maximum Gasteiger partial charge on any atom is 0.00108 e. The fourth-order valence-electron chi connectivity index (χ4n) is 2.68. The van der Waals surface area contributed by atoms with Crippen LogP contribution in [0.2, 0.25) is 0 Å². The van der Waals surface area contributed by atoms with Crippen LogP contribution in [0, 0.1) is 27.7 Å². The highest BCUT2D eigenvalue weighted by molar-refractivity contribution is 5.44. The van der Waals surface area contributed by atoms with Gasteiger partial charge in [-0.3, -0.25) is 0 Å². The van der Waals surface area contributed by atoms with Gasteiger partial charge in [0.15, 0.2) is 0 Å². The van der Waals surface area contributed by atoms with Crippen molar-refractivity contribution in [2.24, 2.45) is 5.73 Å². The third kappa shape index (κ3) is 21.0. The van der Waals surface area contributed by atoms with Gasteiger partial charge in [-0.15, -0.1) is 6.58 Å². The summed E-state index contributed by atoms with van der Waals surface area (Å²) >= 11 is 0. The molecule has 0 bridgehead atoms. The maximum atomic E-state index is 5.61. The first-order chi connectivity index (χ1) is 13.8. The number of hydrogen-bond donors (Lipinski definition) is 1. The van der Waals surface area contributed by atoms with Gasteiger partial charge in [-0.05, 0) is 75.3 Å². The van der Waals surface area contributed by atoms with Crippen LogP contribution in [0.3, 0.4) is 0 Å². The summed E-state index contributed by atoms with van der Waals surface area (Å²) in [4.78, 5) is 0. The van der Waals surface area contributed by atoms with Crippen molar-refractivity contribution in [1.29, 1.82) is 0 Å². The minimum atomic E-state index is 0.770. The van der Waals surface area contributed by atoms with Crippen LogP contribution < -0.4 is 5.73 Å². The van der Waals surface area contributed by atoms with Gasteiger partial charge in [-0.25, -0.2) is 0 Å². The zero-order valence-corrected chi connectivity index (χ0v) is 22.1. The third-order valence-electron chi connectivity index (χ3n) is 4.42. The van der Waals surface area contributed by atoms with E-state index >= 15 is 0 Å². The molecular formula is C28H55N. The average Bonchev–Trinajstić information content (AvgIpc) is 2.70. The van der Waals surface area contributed by atoms with Crippen molar-refractivity contribution in [3.05, 3.63) is 58.8 Å². The minimum Gasteiger partial charge on any atom is -0.403 e. The standard InChI is InChI=1S/C14H21N.C7H16.C3H6.2C2H6/c1-9-8-10(2)14(7-6-11(3)15)13(5)12(9)4;1-3-5-7-6-4-2;1-3-2;2*1-2/h8H,3,6-7,15H2,1-2,4-5H3;3-7H2,1-2H3;3H,1H2,2H3;2*1-2H3. The summed E-state index contributed by atoms with van der Waals surface area (Å²) in [5, 5.41) is 0. The Morgan fingerprint density at radius 1 is 0.862 bits per heavy atom. The van der Waals surface area contributed by atoms with Crippen LogP contribution in [-0.4, -0.2) is 0 Å². The number of nitrogens with two attached hydrogens (primary N) is 1. The second-order valence-corrected chi connectivity index (χ2v) is 6.87. The number of aryl methyl sites for hydroxylation is 2. The van der Waals surface area contributed by atoms with E-state index in [-0.39, 0.29) is 0 Å². The van der Waals surface area contributed by atoms with E-state index in [4.69, 9.17) is 5.73 Å². The number of rotatable bonds is 7. The average molecular weight is 406 g/mol. The lowest BCUT2D eigenvalue weighted by Crippen LogP contribution is -2.02. The van der Waals surface area contributed by atoms with Gasteiger partial charge in [0.25, 0.3) is 0 Å². The van der Waals surface area contributed by atoms with Gasteiger partial charge in [0, 0.05) is 5.70 Å². The van der Waals surface area contributed by atoms with E-state index in [0.29, 0.717) is 0 Å². The Hall–Kier alpha value is -1.50. The van der Waals surface area contributed by atoms with E-state index in [1.807, 2.05) is 34.6 Å². The van der Waals surface area contributed by atoms with Crippen molar-refractivity contribution in [1.82, 2.24) is 0 Å². The molecule has 0 aromatic heterocycles. The number of allylic oxidation sites excluding steroid dienone is 2. The molecule has 0 aliphatic heterocycles. The summed E-state index contributed by atoms with van der Waals surface area (Å²) in [6.07, 6.45) is 10.6. The molecule has 0 heterocycles. The van der Waals surface area contributed by atoms with Crippen LogP contribution in [0.4, 0.5) is 0 Å². The van der Waals surface area contributed by atoms with E-state index in [1.165, 1.54) is 59.9 Å². The van der Waals surface area contributed by atoms with Crippen LogP contribution in [0.5, 0.6) is 0 Å². The SMILES string of the molecule is C=C(N)CCc1c(C)cc(C)c(C)c1C.C=CC.CC.CC.CCCCCCC. The van der Waals surface area contributed by atoms with Gasteiger partial charge in [-0.2, -0.15) is 0 Å². The van der Waals surface area contributed by atoms with Crippen molar-refractivity contribution in [3.8, 4) is 0 Å². The van der Waals surface area contributed by atoms with Gasteiger partial charge in [0.1, 0.15) is 0 Å². The molecule has 0 amide bonds. The van der Waals surface area contributed by atoms with Gasteiger partial charge in [-0.1, -0.05) is 92.4 Å². The molecule has 1 heteroatoms. The molecule has 0 aliphatic carbocycles.